The fraction of sp³-hybridized carbons (Fsp3) is 0.400. The molecule has 0 saturated heterocycles. The third-order valence-electron chi connectivity index (χ3n) is 2.27. The largest absolute Gasteiger partial charge is 0.357 e. The van der Waals surface area contributed by atoms with Crippen LogP contribution >= 0.6 is 0 Å². The van der Waals surface area contributed by atoms with Crippen molar-refractivity contribution in [1.82, 2.24) is 4.98 Å². The van der Waals surface area contributed by atoms with Gasteiger partial charge in [-0.05, 0) is 18.6 Å². The van der Waals surface area contributed by atoms with Gasteiger partial charge in [-0.3, -0.25) is 4.79 Å². The van der Waals surface area contributed by atoms with Gasteiger partial charge in [0.1, 0.15) is 11.9 Å². The van der Waals surface area contributed by atoms with E-state index >= 15 is 0 Å². The highest BCUT2D eigenvalue weighted by Gasteiger charge is 2.24. The normalized spacial score (nSPS) is 19.5. The van der Waals surface area contributed by atoms with Crippen LogP contribution in [0.15, 0.2) is 18.3 Å². The SMILES string of the molecule is CCCC1Nc2ncccc2NC1=O. The molecule has 0 aliphatic carbocycles. The topological polar surface area (TPSA) is 54.0 Å². The van der Waals surface area contributed by atoms with Crippen molar-refractivity contribution in [3.8, 4) is 0 Å². The van der Waals surface area contributed by atoms with Crippen LogP contribution in [0.5, 0.6) is 0 Å². The number of amides is 1. The Balaban J connectivity index is 2.22. The molecule has 4 heteroatoms. The highest BCUT2D eigenvalue weighted by Crippen LogP contribution is 2.24. The lowest BCUT2D eigenvalue weighted by Gasteiger charge is -2.25. The molecule has 0 saturated carbocycles. The lowest BCUT2D eigenvalue weighted by atomic mass is 10.1. The van der Waals surface area contributed by atoms with Crippen molar-refractivity contribution in [3.05, 3.63) is 18.3 Å². The van der Waals surface area contributed by atoms with Crippen LogP contribution in [0.2, 0.25) is 0 Å². The zero-order valence-corrected chi connectivity index (χ0v) is 8.08. The second-order valence-corrected chi connectivity index (χ2v) is 3.37. The summed E-state index contributed by atoms with van der Waals surface area (Å²) in [4.78, 5) is 15.7. The predicted molar refractivity (Wildman–Crippen MR) is 55.2 cm³/mol. The van der Waals surface area contributed by atoms with Crippen molar-refractivity contribution in [2.75, 3.05) is 10.6 Å². The van der Waals surface area contributed by atoms with E-state index in [9.17, 15) is 4.79 Å². The molecule has 2 rings (SSSR count). The number of carbonyl (C=O) groups is 1. The van der Waals surface area contributed by atoms with Crippen LogP contribution in [0, 0.1) is 0 Å². The molecule has 74 valence electrons. The van der Waals surface area contributed by atoms with Gasteiger partial charge in [0.2, 0.25) is 5.91 Å². The third kappa shape index (κ3) is 1.55. The van der Waals surface area contributed by atoms with Crippen LogP contribution in [-0.4, -0.2) is 16.9 Å². The number of fused-ring (bicyclic) bond motifs is 1. The Hall–Kier alpha value is -1.58. The fourth-order valence-electron chi connectivity index (χ4n) is 1.56. The van der Waals surface area contributed by atoms with Crippen molar-refractivity contribution >= 4 is 17.4 Å². The molecule has 2 N–H and O–H groups in total. The monoisotopic (exact) mass is 191 g/mol. The molecule has 0 spiro atoms. The van der Waals surface area contributed by atoms with E-state index in [1.54, 1.807) is 12.3 Å². The molecule has 0 bridgehead atoms. The van der Waals surface area contributed by atoms with E-state index in [-0.39, 0.29) is 11.9 Å². The maximum absolute atomic E-state index is 11.5. The van der Waals surface area contributed by atoms with Crippen molar-refractivity contribution < 1.29 is 4.79 Å². The van der Waals surface area contributed by atoms with Gasteiger partial charge in [0.05, 0.1) is 5.69 Å². The molecule has 14 heavy (non-hydrogen) atoms. The summed E-state index contributed by atoms with van der Waals surface area (Å²) >= 11 is 0. The minimum atomic E-state index is -0.137. The Morgan fingerprint density at radius 1 is 1.57 bits per heavy atom. The average Bonchev–Trinajstić information content (AvgIpc) is 2.19. The molecule has 1 atom stereocenters. The van der Waals surface area contributed by atoms with Crippen molar-refractivity contribution in [2.45, 2.75) is 25.8 Å². The second-order valence-electron chi connectivity index (χ2n) is 3.37. The summed E-state index contributed by atoms with van der Waals surface area (Å²) in [6.45, 7) is 2.06. The summed E-state index contributed by atoms with van der Waals surface area (Å²) in [7, 11) is 0. The van der Waals surface area contributed by atoms with Gasteiger partial charge in [-0.1, -0.05) is 13.3 Å². The lowest BCUT2D eigenvalue weighted by molar-refractivity contribution is -0.117. The Morgan fingerprint density at radius 2 is 2.43 bits per heavy atom. The Morgan fingerprint density at radius 3 is 3.21 bits per heavy atom. The minimum absolute atomic E-state index is 0.0346. The van der Waals surface area contributed by atoms with Gasteiger partial charge in [-0.2, -0.15) is 0 Å². The summed E-state index contributed by atoms with van der Waals surface area (Å²) in [5, 5.41) is 5.96. The molecule has 1 aromatic rings. The standard InChI is InChI=1S/C10H13N3O/c1-2-4-8-10(14)13-7-5-3-6-11-9(7)12-8/h3,5-6,8H,2,4H2,1H3,(H,11,12)(H,13,14). The molecule has 2 heterocycles. The van der Waals surface area contributed by atoms with Crippen LogP contribution in [0.4, 0.5) is 11.5 Å². The van der Waals surface area contributed by atoms with Crippen LogP contribution < -0.4 is 10.6 Å². The average molecular weight is 191 g/mol. The quantitative estimate of drug-likeness (QED) is 0.746. The molecule has 1 aliphatic heterocycles. The number of aromatic nitrogens is 1. The maximum atomic E-state index is 11.5. The van der Waals surface area contributed by atoms with Crippen LogP contribution in [0.25, 0.3) is 0 Å². The van der Waals surface area contributed by atoms with E-state index in [1.165, 1.54) is 0 Å². The van der Waals surface area contributed by atoms with Gasteiger partial charge in [-0.15, -0.1) is 0 Å². The first-order valence-electron chi connectivity index (χ1n) is 4.83. The van der Waals surface area contributed by atoms with Gasteiger partial charge in [0, 0.05) is 6.20 Å². The lowest BCUT2D eigenvalue weighted by Crippen LogP contribution is -2.39. The van der Waals surface area contributed by atoms with Crippen molar-refractivity contribution in [3.63, 3.8) is 0 Å². The molecule has 4 nitrogen and oxygen atoms in total. The van der Waals surface area contributed by atoms with Gasteiger partial charge in [0.25, 0.3) is 0 Å². The van der Waals surface area contributed by atoms with Crippen LogP contribution in [0.1, 0.15) is 19.8 Å². The molecule has 0 aromatic carbocycles. The number of carbonyl (C=O) groups excluding carboxylic acids is 1. The van der Waals surface area contributed by atoms with E-state index < -0.39 is 0 Å². The van der Waals surface area contributed by atoms with Crippen LogP contribution in [0.3, 0.4) is 0 Å². The van der Waals surface area contributed by atoms with Gasteiger partial charge < -0.3 is 10.6 Å². The minimum Gasteiger partial charge on any atom is -0.357 e. The molecule has 1 aliphatic rings. The van der Waals surface area contributed by atoms with E-state index in [0.717, 1.165) is 24.3 Å². The summed E-state index contributed by atoms with van der Waals surface area (Å²) in [5.74, 6) is 0.804. The molecule has 0 radical (unpaired) electrons. The number of hydrogen-bond acceptors (Lipinski definition) is 3. The fourth-order valence-corrected chi connectivity index (χ4v) is 1.56. The number of rotatable bonds is 2. The molecule has 1 amide bonds. The zero-order chi connectivity index (χ0) is 9.97. The van der Waals surface area contributed by atoms with E-state index in [4.69, 9.17) is 0 Å². The summed E-state index contributed by atoms with van der Waals surface area (Å²) in [6.07, 6.45) is 3.53. The molecule has 0 fully saturated rings. The predicted octanol–water partition coefficient (Wildman–Crippen LogP) is 1.61. The highest BCUT2D eigenvalue weighted by atomic mass is 16.2. The number of anilines is 2. The number of pyridine rings is 1. The molecular formula is C10H13N3O. The van der Waals surface area contributed by atoms with E-state index in [0.29, 0.717) is 0 Å². The molecular weight excluding hydrogens is 178 g/mol. The summed E-state index contributed by atoms with van der Waals surface area (Å²) in [5.41, 5.74) is 0.768. The van der Waals surface area contributed by atoms with Crippen LogP contribution in [-0.2, 0) is 4.79 Å². The van der Waals surface area contributed by atoms with Gasteiger partial charge in [0.15, 0.2) is 0 Å². The van der Waals surface area contributed by atoms with E-state index in [1.807, 2.05) is 6.07 Å². The van der Waals surface area contributed by atoms with Gasteiger partial charge in [-0.25, -0.2) is 4.98 Å². The first-order chi connectivity index (χ1) is 6.81. The number of nitrogens with zero attached hydrogens (tertiary/aromatic N) is 1. The Kier molecular flexibility index (Phi) is 2.35. The zero-order valence-electron chi connectivity index (χ0n) is 8.08. The number of hydrogen-bond donors (Lipinski definition) is 2. The third-order valence-corrected chi connectivity index (χ3v) is 2.27. The Bertz CT molecular complexity index is 351. The van der Waals surface area contributed by atoms with Gasteiger partial charge >= 0.3 is 0 Å². The second kappa shape index (κ2) is 3.65. The van der Waals surface area contributed by atoms with Crippen molar-refractivity contribution in [2.24, 2.45) is 0 Å². The maximum Gasteiger partial charge on any atom is 0.247 e. The first kappa shape index (κ1) is 8.99. The highest BCUT2D eigenvalue weighted by molar-refractivity contribution is 6.01. The van der Waals surface area contributed by atoms with E-state index in [2.05, 4.69) is 22.5 Å². The summed E-state index contributed by atoms with van der Waals surface area (Å²) in [6, 6.07) is 3.51. The van der Waals surface area contributed by atoms with Crippen molar-refractivity contribution in [1.29, 1.82) is 0 Å². The smallest absolute Gasteiger partial charge is 0.247 e. The Labute approximate surface area is 82.7 Å². The molecule has 1 unspecified atom stereocenters. The first-order valence-corrected chi connectivity index (χ1v) is 4.83. The molecule has 1 aromatic heterocycles. The summed E-state index contributed by atoms with van der Waals surface area (Å²) < 4.78 is 0. The number of nitrogens with one attached hydrogen (secondary N) is 2.